The largest absolute Gasteiger partial charge is 0.486 e. The number of hydrogen-bond donors (Lipinski definition) is 1. The lowest BCUT2D eigenvalue weighted by atomic mass is 10.1. The van der Waals surface area contributed by atoms with Crippen molar-refractivity contribution in [3.8, 4) is 5.75 Å². The lowest BCUT2D eigenvalue weighted by Gasteiger charge is -2.29. The number of benzene rings is 2. The maximum Gasteiger partial charge on any atom is 0.143 e. The summed E-state index contributed by atoms with van der Waals surface area (Å²) in [4.78, 5) is 2.45. The lowest BCUT2D eigenvalue weighted by molar-refractivity contribution is 0.0620. The SMILES string of the molecule is Fc1ccc(CC2CCN(CCC3CNc4cc(Cl)ccc4O3)CCO2)cc1. The van der Waals surface area contributed by atoms with Crippen molar-refractivity contribution in [1.29, 1.82) is 0 Å². The number of rotatable bonds is 5. The van der Waals surface area contributed by atoms with Crippen molar-refractivity contribution >= 4 is 17.3 Å². The van der Waals surface area contributed by atoms with E-state index >= 15 is 0 Å². The van der Waals surface area contributed by atoms with Gasteiger partial charge in [0.15, 0.2) is 0 Å². The van der Waals surface area contributed by atoms with Crippen LogP contribution in [0.5, 0.6) is 5.75 Å². The normalized spacial score (nSPS) is 22.6. The zero-order valence-electron chi connectivity index (χ0n) is 15.9. The van der Waals surface area contributed by atoms with E-state index in [0.717, 1.165) is 69.0 Å². The van der Waals surface area contributed by atoms with Gasteiger partial charge in [-0.3, -0.25) is 0 Å². The van der Waals surface area contributed by atoms with E-state index in [1.165, 1.54) is 12.1 Å². The molecule has 0 aliphatic carbocycles. The molecule has 2 heterocycles. The number of fused-ring (bicyclic) bond motifs is 1. The predicted molar refractivity (Wildman–Crippen MR) is 110 cm³/mol. The van der Waals surface area contributed by atoms with Crippen LogP contribution in [-0.2, 0) is 11.2 Å². The molecule has 1 saturated heterocycles. The summed E-state index contributed by atoms with van der Waals surface area (Å²) in [5, 5.41) is 4.13. The first kappa shape index (κ1) is 19.5. The Labute approximate surface area is 170 Å². The van der Waals surface area contributed by atoms with Crippen LogP contribution >= 0.6 is 11.6 Å². The fraction of sp³-hybridized carbons (Fsp3) is 0.455. The Morgan fingerprint density at radius 2 is 1.96 bits per heavy atom. The van der Waals surface area contributed by atoms with Gasteiger partial charge < -0.3 is 19.7 Å². The molecule has 4 rings (SSSR count). The quantitative estimate of drug-likeness (QED) is 0.802. The van der Waals surface area contributed by atoms with Crippen LogP contribution in [0.15, 0.2) is 42.5 Å². The lowest BCUT2D eigenvalue weighted by Crippen LogP contribution is -2.36. The topological polar surface area (TPSA) is 33.7 Å². The Morgan fingerprint density at radius 1 is 1.11 bits per heavy atom. The summed E-state index contributed by atoms with van der Waals surface area (Å²) in [5.41, 5.74) is 2.09. The van der Waals surface area contributed by atoms with Gasteiger partial charge in [0.1, 0.15) is 17.7 Å². The van der Waals surface area contributed by atoms with Gasteiger partial charge in [0.05, 0.1) is 24.9 Å². The van der Waals surface area contributed by atoms with Gasteiger partial charge in [-0.2, -0.15) is 0 Å². The van der Waals surface area contributed by atoms with Crippen molar-refractivity contribution in [3.05, 3.63) is 58.9 Å². The van der Waals surface area contributed by atoms with Crippen LogP contribution in [0.4, 0.5) is 10.1 Å². The zero-order chi connectivity index (χ0) is 19.3. The first-order valence-corrected chi connectivity index (χ1v) is 10.3. The van der Waals surface area contributed by atoms with Crippen LogP contribution in [0.2, 0.25) is 5.02 Å². The van der Waals surface area contributed by atoms with Crippen molar-refractivity contribution < 1.29 is 13.9 Å². The second-order valence-corrected chi connectivity index (χ2v) is 7.94. The first-order valence-electron chi connectivity index (χ1n) is 9.94. The molecule has 2 aliphatic heterocycles. The number of ether oxygens (including phenoxy) is 2. The van der Waals surface area contributed by atoms with Crippen molar-refractivity contribution in [2.75, 3.05) is 38.1 Å². The third-order valence-electron chi connectivity index (χ3n) is 5.43. The highest BCUT2D eigenvalue weighted by molar-refractivity contribution is 6.30. The maximum absolute atomic E-state index is 13.1. The molecule has 150 valence electrons. The van der Waals surface area contributed by atoms with E-state index in [2.05, 4.69) is 10.2 Å². The molecular weight excluding hydrogens is 379 g/mol. The Morgan fingerprint density at radius 3 is 2.82 bits per heavy atom. The van der Waals surface area contributed by atoms with Gasteiger partial charge in [0.2, 0.25) is 0 Å². The number of nitrogens with one attached hydrogen (secondary N) is 1. The number of hydrogen-bond acceptors (Lipinski definition) is 4. The summed E-state index contributed by atoms with van der Waals surface area (Å²) < 4.78 is 25.2. The first-order chi connectivity index (χ1) is 13.7. The van der Waals surface area contributed by atoms with Crippen LogP contribution in [0.1, 0.15) is 18.4 Å². The summed E-state index contributed by atoms with van der Waals surface area (Å²) in [6.07, 6.45) is 3.15. The molecule has 0 amide bonds. The molecule has 4 nitrogen and oxygen atoms in total. The van der Waals surface area contributed by atoms with Gasteiger partial charge in [0.25, 0.3) is 0 Å². The zero-order valence-corrected chi connectivity index (χ0v) is 16.6. The van der Waals surface area contributed by atoms with Crippen molar-refractivity contribution in [3.63, 3.8) is 0 Å². The molecule has 6 heteroatoms. The Balaban J connectivity index is 1.23. The molecule has 2 atom stereocenters. The number of halogens is 2. The van der Waals surface area contributed by atoms with Crippen LogP contribution < -0.4 is 10.1 Å². The summed E-state index contributed by atoms with van der Waals surface area (Å²) in [5.74, 6) is 0.682. The Bertz CT molecular complexity index is 787. The average molecular weight is 405 g/mol. The molecule has 2 aromatic rings. The highest BCUT2D eigenvalue weighted by Gasteiger charge is 2.22. The number of nitrogens with zero attached hydrogens (tertiary/aromatic N) is 1. The van der Waals surface area contributed by atoms with Gasteiger partial charge >= 0.3 is 0 Å². The smallest absolute Gasteiger partial charge is 0.143 e. The maximum atomic E-state index is 13.1. The molecule has 0 aromatic heterocycles. The highest BCUT2D eigenvalue weighted by atomic mass is 35.5. The van der Waals surface area contributed by atoms with Crippen molar-refractivity contribution in [2.24, 2.45) is 0 Å². The molecule has 28 heavy (non-hydrogen) atoms. The molecule has 2 aromatic carbocycles. The summed E-state index contributed by atoms with van der Waals surface area (Å²) >= 11 is 6.03. The third-order valence-corrected chi connectivity index (χ3v) is 5.66. The second kappa shape index (κ2) is 9.12. The molecular formula is C22H26ClFN2O2. The van der Waals surface area contributed by atoms with Crippen molar-refractivity contribution in [1.82, 2.24) is 4.90 Å². The van der Waals surface area contributed by atoms with E-state index in [1.54, 1.807) is 0 Å². The van der Waals surface area contributed by atoms with Gasteiger partial charge in [0, 0.05) is 24.7 Å². The minimum Gasteiger partial charge on any atom is -0.486 e. The Hall–Kier alpha value is -1.82. The predicted octanol–water partition coefficient (Wildman–Crippen LogP) is 4.38. The van der Waals surface area contributed by atoms with Gasteiger partial charge in [-0.15, -0.1) is 0 Å². The third kappa shape index (κ3) is 5.16. The van der Waals surface area contributed by atoms with E-state index in [4.69, 9.17) is 21.1 Å². The highest BCUT2D eigenvalue weighted by Crippen LogP contribution is 2.32. The summed E-state index contributed by atoms with van der Waals surface area (Å²) in [7, 11) is 0. The van der Waals surface area contributed by atoms with Crippen LogP contribution in [-0.4, -0.2) is 49.9 Å². The molecule has 1 fully saturated rings. The molecule has 0 bridgehead atoms. The molecule has 0 radical (unpaired) electrons. The van der Waals surface area contributed by atoms with Gasteiger partial charge in [-0.1, -0.05) is 23.7 Å². The summed E-state index contributed by atoms with van der Waals surface area (Å²) in [6, 6.07) is 12.4. The van der Waals surface area contributed by atoms with E-state index in [-0.39, 0.29) is 18.0 Å². The second-order valence-electron chi connectivity index (χ2n) is 7.50. The van der Waals surface area contributed by atoms with E-state index in [0.29, 0.717) is 5.02 Å². The monoisotopic (exact) mass is 404 g/mol. The van der Waals surface area contributed by atoms with Crippen LogP contribution in [0.25, 0.3) is 0 Å². The van der Waals surface area contributed by atoms with Gasteiger partial charge in [-0.05, 0) is 55.2 Å². The molecule has 0 saturated carbocycles. The Kier molecular flexibility index (Phi) is 6.35. The minimum absolute atomic E-state index is 0.160. The fourth-order valence-electron chi connectivity index (χ4n) is 3.81. The standard InChI is InChI=1S/C22H26ClFN2O2/c23-17-3-6-22-21(14-17)25-15-20(28-22)8-10-26-9-7-19(27-12-11-26)13-16-1-4-18(24)5-2-16/h1-6,14,19-20,25H,7-13,15H2. The average Bonchev–Trinajstić information content (AvgIpc) is 2.93. The van der Waals surface area contributed by atoms with Crippen molar-refractivity contribution in [2.45, 2.75) is 31.5 Å². The van der Waals surface area contributed by atoms with Crippen LogP contribution in [0, 0.1) is 5.82 Å². The molecule has 1 N–H and O–H groups in total. The van der Waals surface area contributed by atoms with Crippen LogP contribution in [0.3, 0.4) is 0 Å². The fourth-order valence-corrected chi connectivity index (χ4v) is 3.99. The van der Waals surface area contributed by atoms with Gasteiger partial charge in [-0.25, -0.2) is 4.39 Å². The number of anilines is 1. The summed E-state index contributed by atoms with van der Waals surface area (Å²) in [6.45, 7) is 4.47. The molecule has 0 spiro atoms. The molecule has 2 unspecified atom stereocenters. The molecule has 2 aliphatic rings. The van der Waals surface area contributed by atoms with E-state index < -0.39 is 0 Å². The van der Waals surface area contributed by atoms with E-state index in [1.807, 2.05) is 30.3 Å². The minimum atomic E-state index is -0.193. The van der Waals surface area contributed by atoms with E-state index in [9.17, 15) is 4.39 Å².